The minimum absolute atomic E-state index is 0.181. The summed E-state index contributed by atoms with van der Waals surface area (Å²) in [7, 11) is 1.90. The Morgan fingerprint density at radius 2 is 2.16 bits per heavy atom. The lowest BCUT2D eigenvalue weighted by molar-refractivity contribution is 0.0932. The van der Waals surface area contributed by atoms with E-state index in [-0.39, 0.29) is 30.4 Å². The molecule has 1 amide bonds. The Morgan fingerprint density at radius 3 is 2.94 bits per heavy atom. The largest absolute Gasteiger partial charge is 0.473 e. The smallest absolute Gasteiger partial charge is 0.256 e. The zero-order valence-corrected chi connectivity index (χ0v) is 17.5. The average Bonchev–Trinajstić information content (AvgIpc) is 3.38. The number of ether oxygens (including phenoxy) is 1. The average molecular weight is 436 g/mol. The number of rotatable bonds is 1. The molecule has 0 unspecified atom stereocenters. The Labute approximate surface area is 182 Å². The number of nitrogen functional groups attached to an aromatic ring is 1. The quantitative estimate of drug-likeness (QED) is 0.417. The van der Waals surface area contributed by atoms with Crippen LogP contribution in [0.3, 0.4) is 0 Å². The predicted molar refractivity (Wildman–Crippen MR) is 116 cm³/mol. The molecule has 11 heteroatoms. The number of amides is 1. The molecule has 0 spiro atoms. The van der Waals surface area contributed by atoms with Gasteiger partial charge in [-0.15, -0.1) is 0 Å². The summed E-state index contributed by atoms with van der Waals surface area (Å²) < 4.78 is 23.1. The second-order valence-electron chi connectivity index (χ2n) is 7.69. The van der Waals surface area contributed by atoms with Crippen molar-refractivity contribution in [1.29, 1.82) is 0 Å². The molecule has 4 aromatic rings. The van der Waals surface area contributed by atoms with Crippen LogP contribution in [0, 0.1) is 5.82 Å². The first-order valence-electron chi connectivity index (χ1n) is 10.0. The van der Waals surface area contributed by atoms with Gasteiger partial charge in [-0.1, -0.05) is 0 Å². The zero-order valence-electron chi connectivity index (χ0n) is 17.5. The minimum atomic E-state index is -0.483. The zero-order chi connectivity index (χ0) is 22.4. The van der Waals surface area contributed by atoms with E-state index in [4.69, 9.17) is 10.5 Å². The van der Waals surface area contributed by atoms with Crippen LogP contribution in [0.1, 0.15) is 22.8 Å². The molecule has 0 aliphatic carbocycles. The topological polar surface area (TPSA) is 124 Å². The number of aromatic nitrogens is 5. The Kier molecular flexibility index (Phi) is 4.65. The molecule has 0 saturated heterocycles. The number of anilines is 2. The normalized spacial score (nSPS) is 16.3. The fraction of sp³-hybridized carbons (Fsp3) is 0.238. The van der Waals surface area contributed by atoms with E-state index in [0.29, 0.717) is 28.4 Å². The number of halogens is 1. The Balaban J connectivity index is 1.71. The lowest BCUT2D eigenvalue weighted by Crippen LogP contribution is -2.33. The van der Waals surface area contributed by atoms with Gasteiger partial charge in [-0.05, 0) is 19.1 Å². The SMILES string of the molecule is C[C@H]1CNC(=O)c2cnn3c(N)c(-c4ccn(C)c4)c(nc23)NCc2cc(F)cnc2O1. The van der Waals surface area contributed by atoms with Gasteiger partial charge >= 0.3 is 0 Å². The molecular formula is C21H21FN8O2. The van der Waals surface area contributed by atoms with Crippen LogP contribution in [0.4, 0.5) is 16.0 Å². The van der Waals surface area contributed by atoms with E-state index < -0.39 is 11.9 Å². The highest BCUT2D eigenvalue weighted by Gasteiger charge is 2.23. The Hall–Kier alpha value is -4.15. The van der Waals surface area contributed by atoms with Gasteiger partial charge in [0.15, 0.2) is 5.65 Å². The van der Waals surface area contributed by atoms with Crippen LogP contribution in [-0.4, -0.2) is 42.7 Å². The monoisotopic (exact) mass is 436 g/mol. The number of carbonyl (C=O) groups is 1. The van der Waals surface area contributed by atoms with E-state index >= 15 is 0 Å². The van der Waals surface area contributed by atoms with Gasteiger partial charge in [0, 0.05) is 37.1 Å². The second-order valence-corrected chi connectivity index (χ2v) is 7.69. The highest BCUT2D eigenvalue weighted by molar-refractivity contribution is 6.01. The van der Waals surface area contributed by atoms with Crippen LogP contribution in [0.15, 0.2) is 36.9 Å². The van der Waals surface area contributed by atoms with E-state index in [1.165, 1.54) is 16.8 Å². The first-order valence-corrected chi connectivity index (χ1v) is 10.0. The number of nitrogens with zero attached hydrogens (tertiary/aromatic N) is 5. The van der Waals surface area contributed by atoms with Crippen LogP contribution in [0.25, 0.3) is 16.8 Å². The van der Waals surface area contributed by atoms with Gasteiger partial charge in [-0.2, -0.15) is 9.61 Å². The van der Waals surface area contributed by atoms with E-state index in [1.807, 2.05) is 30.1 Å². The molecule has 4 N–H and O–H groups in total. The minimum Gasteiger partial charge on any atom is -0.473 e. The van der Waals surface area contributed by atoms with Crippen molar-refractivity contribution in [3.05, 3.63) is 53.9 Å². The molecule has 1 aliphatic rings. The summed E-state index contributed by atoms with van der Waals surface area (Å²) in [4.78, 5) is 21.6. The number of fused-ring (bicyclic) bond motifs is 2. The van der Waals surface area contributed by atoms with Gasteiger partial charge in [-0.25, -0.2) is 14.4 Å². The molecule has 10 nitrogen and oxygen atoms in total. The number of hydrogen-bond donors (Lipinski definition) is 3. The number of nitrogens with one attached hydrogen (secondary N) is 2. The summed E-state index contributed by atoms with van der Waals surface area (Å²) in [6.07, 6.45) is 5.91. The van der Waals surface area contributed by atoms with Crippen LogP contribution in [-0.2, 0) is 13.6 Å². The van der Waals surface area contributed by atoms with Gasteiger partial charge in [0.25, 0.3) is 5.91 Å². The van der Waals surface area contributed by atoms with Crippen molar-refractivity contribution in [1.82, 2.24) is 29.5 Å². The van der Waals surface area contributed by atoms with Crippen LogP contribution in [0.5, 0.6) is 5.88 Å². The summed E-state index contributed by atoms with van der Waals surface area (Å²) in [6, 6.07) is 3.25. The molecule has 32 heavy (non-hydrogen) atoms. The molecule has 2 bridgehead atoms. The molecule has 4 aromatic heterocycles. The maximum atomic E-state index is 13.9. The lowest BCUT2D eigenvalue weighted by atomic mass is 10.1. The van der Waals surface area contributed by atoms with Gasteiger partial charge in [-0.3, -0.25) is 4.79 Å². The standard InChI is InChI=1S/C21H21FN8O2/c1-11-6-25-20(31)15-9-27-30-17(23)16(12-3-4-29(2)10-12)18(28-19(15)30)24-7-13-5-14(22)8-26-21(13)32-11/h3-5,8-11H,6-7,23H2,1-2H3,(H,24,28)(H,25,31)/t11-/m0/s1. The first kappa shape index (κ1) is 19.8. The van der Waals surface area contributed by atoms with Crippen molar-refractivity contribution in [3.63, 3.8) is 0 Å². The molecule has 0 saturated carbocycles. The maximum absolute atomic E-state index is 13.9. The predicted octanol–water partition coefficient (Wildman–Crippen LogP) is 1.97. The number of nitrogens with two attached hydrogens (primary N) is 1. The molecule has 0 fully saturated rings. The first-order chi connectivity index (χ1) is 15.4. The van der Waals surface area contributed by atoms with Crippen molar-refractivity contribution in [3.8, 4) is 17.0 Å². The second kappa shape index (κ2) is 7.52. The van der Waals surface area contributed by atoms with Gasteiger partial charge < -0.3 is 25.7 Å². The number of hydrogen-bond acceptors (Lipinski definition) is 7. The molecule has 164 valence electrons. The van der Waals surface area contributed by atoms with Crippen molar-refractivity contribution in [2.75, 3.05) is 17.6 Å². The van der Waals surface area contributed by atoms with Crippen molar-refractivity contribution < 1.29 is 13.9 Å². The van der Waals surface area contributed by atoms with E-state index in [2.05, 4.69) is 25.7 Å². The third kappa shape index (κ3) is 3.37. The third-order valence-electron chi connectivity index (χ3n) is 5.25. The molecule has 0 radical (unpaired) electrons. The van der Waals surface area contributed by atoms with Crippen LogP contribution >= 0.6 is 0 Å². The van der Waals surface area contributed by atoms with Gasteiger partial charge in [0.2, 0.25) is 5.88 Å². The van der Waals surface area contributed by atoms with Crippen LogP contribution < -0.4 is 21.1 Å². The van der Waals surface area contributed by atoms with Gasteiger partial charge in [0.1, 0.15) is 29.1 Å². The number of aryl methyl sites for hydroxylation is 1. The number of pyridine rings is 1. The third-order valence-corrected chi connectivity index (χ3v) is 5.25. The van der Waals surface area contributed by atoms with E-state index in [9.17, 15) is 9.18 Å². The summed E-state index contributed by atoms with van der Waals surface area (Å²) in [5.74, 6) is 0.187. The molecule has 0 aromatic carbocycles. The van der Waals surface area contributed by atoms with Crippen molar-refractivity contribution in [2.24, 2.45) is 7.05 Å². The summed E-state index contributed by atoms with van der Waals surface area (Å²) >= 11 is 0. The van der Waals surface area contributed by atoms with E-state index in [0.717, 1.165) is 11.8 Å². The lowest BCUT2D eigenvalue weighted by Gasteiger charge is -2.17. The van der Waals surface area contributed by atoms with E-state index in [1.54, 1.807) is 6.92 Å². The summed E-state index contributed by atoms with van der Waals surface area (Å²) in [5.41, 5.74) is 9.02. The molecular weight excluding hydrogens is 415 g/mol. The molecule has 5 rings (SSSR count). The molecule has 5 heterocycles. The highest BCUT2D eigenvalue weighted by Crippen LogP contribution is 2.34. The van der Waals surface area contributed by atoms with Crippen LogP contribution in [0.2, 0.25) is 0 Å². The summed E-state index contributed by atoms with van der Waals surface area (Å²) in [6.45, 7) is 2.19. The van der Waals surface area contributed by atoms with Crippen molar-refractivity contribution >= 4 is 23.2 Å². The molecule has 1 atom stereocenters. The van der Waals surface area contributed by atoms with Gasteiger partial charge in [0.05, 0.1) is 24.5 Å². The highest BCUT2D eigenvalue weighted by atomic mass is 19.1. The summed E-state index contributed by atoms with van der Waals surface area (Å²) in [5, 5.41) is 10.3. The fourth-order valence-electron chi connectivity index (χ4n) is 3.68. The van der Waals surface area contributed by atoms with Crippen molar-refractivity contribution in [2.45, 2.75) is 19.6 Å². The Bertz CT molecular complexity index is 1350. The maximum Gasteiger partial charge on any atom is 0.256 e. The molecule has 1 aliphatic heterocycles. The Morgan fingerprint density at radius 1 is 1.31 bits per heavy atom. The fourth-order valence-corrected chi connectivity index (χ4v) is 3.68. The number of carbonyl (C=O) groups excluding carboxylic acids is 1.